The molecule has 0 saturated heterocycles. The number of aliphatic carboxylic acids is 1. The molecule has 0 saturated carbocycles. The molecule has 0 aromatic heterocycles. The van der Waals surface area contributed by atoms with E-state index in [0.29, 0.717) is 45.9 Å². The van der Waals surface area contributed by atoms with Gasteiger partial charge in [0, 0.05) is 43.7 Å². The summed E-state index contributed by atoms with van der Waals surface area (Å²) in [4.78, 5) is 50.5. The normalized spacial score (nSPS) is 11.9. The van der Waals surface area contributed by atoms with Crippen LogP contribution in [0.25, 0.3) is 10.4 Å². The van der Waals surface area contributed by atoms with E-state index in [0.717, 1.165) is 38.5 Å². The number of nitrogens with zero attached hydrogens (tertiary/aromatic N) is 3. The molecule has 0 spiro atoms. The Kier molecular flexibility index (Phi) is 29.7. The van der Waals surface area contributed by atoms with Crippen molar-refractivity contribution in [2.75, 3.05) is 52.7 Å². The van der Waals surface area contributed by atoms with E-state index in [1.165, 1.54) is 51.4 Å². The van der Waals surface area contributed by atoms with Gasteiger partial charge in [0.05, 0.1) is 45.6 Å². The van der Waals surface area contributed by atoms with Crippen LogP contribution in [0.4, 0.5) is 0 Å². The van der Waals surface area contributed by atoms with Crippen LogP contribution >= 0.6 is 0 Å². The number of unbranched alkanes of at least 4 members (excludes halogenated alkanes) is 13. The Morgan fingerprint density at radius 3 is 1.62 bits per heavy atom. The molecule has 0 aromatic rings. The second kappa shape index (κ2) is 31.5. The monoisotopic (exact) mass is 684 g/mol. The third-order valence-electron chi connectivity index (χ3n) is 7.47. The average Bonchev–Trinajstić information content (AvgIpc) is 3.01. The molecule has 0 bridgehead atoms. The molecule has 13 heteroatoms. The number of carboxylic acid groups (broad SMARTS) is 1. The minimum absolute atomic E-state index is 0.0983. The van der Waals surface area contributed by atoms with Crippen molar-refractivity contribution in [2.45, 2.75) is 142 Å². The van der Waals surface area contributed by atoms with Crippen molar-refractivity contribution in [3.05, 3.63) is 10.4 Å². The van der Waals surface area contributed by atoms with Crippen molar-refractivity contribution < 1.29 is 43.2 Å². The summed E-state index contributed by atoms with van der Waals surface area (Å²) >= 11 is 0. The highest BCUT2D eigenvalue weighted by Crippen LogP contribution is 2.16. The van der Waals surface area contributed by atoms with Crippen molar-refractivity contribution in [2.24, 2.45) is 11.0 Å². The summed E-state index contributed by atoms with van der Waals surface area (Å²) in [5.41, 5.74) is 7.76. The smallest absolute Gasteiger partial charge is 0.307 e. The van der Waals surface area contributed by atoms with E-state index in [9.17, 15) is 24.3 Å². The van der Waals surface area contributed by atoms with Crippen LogP contribution < -0.4 is 5.32 Å². The number of nitrogens with one attached hydrogen (secondary N) is 1. The Labute approximate surface area is 288 Å². The zero-order chi connectivity index (χ0) is 35.7. The van der Waals surface area contributed by atoms with E-state index >= 15 is 0 Å². The first-order chi connectivity index (χ1) is 23.0. The predicted octanol–water partition coefficient (Wildman–Crippen LogP) is 7.10. The average molecular weight is 685 g/mol. The highest BCUT2D eigenvalue weighted by Gasteiger charge is 2.24. The predicted molar refractivity (Wildman–Crippen MR) is 185 cm³/mol. The summed E-state index contributed by atoms with van der Waals surface area (Å²) < 4.78 is 21.2. The fraction of sp³-hybridized carbons (Fsp3) is 0.886. The van der Waals surface area contributed by atoms with Gasteiger partial charge < -0.3 is 29.4 Å². The number of rotatable bonds is 34. The first-order valence-corrected chi connectivity index (χ1v) is 18.0. The van der Waals surface area contributed by atoms with E-state index in [-0.39, 0.29) is 44.3 Å². The first kappa shape index (κ1) is 45.3. The Morgan fingerprint density at radius 2 is 1.15 bits per heavy atom. The zero-order valence-corrected chi connectivity index (χ0v) is 30.0. The van der Waals surface area contributed by atoms with Crippen LogP contribution in [-0.4, -0.2) is 87.1 Å². The van der Waals surface area contributed by atoms with E-state index in [1.807, 2.05) is 20.8 Å². The largest absolute Gasteiger partial charge is 0.481 e. The molecular weight excluding hydrogens is 620 g/mol. The first-order valence-electron chi connectivity index (χ1n) is 18.0. The molecule has 1 amide bonds. The molecule has 0 aliphatic rings. The van der Waals surface area contributed by atoms with Gasteiger partial charge >= 0.3 is 11.9 Å². The molecule has 0 fully saturated rings. The lowest BCUT2D eigenvalue weighted by atomic mass is 9.95. The molecule has 2 N–H and O–H groups in total. The summed E-state index contributed by atoms with van der Waals surface area (Å²) in [7, 11) is 0. The highest BCUT2D eigenvalue weighted by molar-refractivity contribution is 5.87. The molecule has 0 aliphatic heterocycles. The van der Waals surface area contributed by atoms with Crippen LogP contribution in [0.15, 0.2) is 5.11 Å². The fourth-order valence-corrected chi connectivity index (χ4v) is 4.98. The van der Waals surface area contributed by atoms with Gasteiger partial charge in [-0.1, -0.05) is 82.2 Å². The van der Waals surface area contributed by atoms with Gasteiger partial charge in [-0.05, 0) is 39.1 Å². The molecule has 0 aromatic carbocycles. The summed E-state index contributed by atoms with van der Waals surface area (Å²) in [6.07, 6.45) is 16.3. The number of Topliss-reactive ketones (excluding diaryl/α,β-unsaturated/α-hetero) is 1. The van der Waals surface area contributed by atoms with E-state index < -0.39 is 23.4 Å². The van der Waals surface area contributed by atoms with Crippen molar-refractivity contribution in [3.63, 3.8) is 0 Å². The lowest BCUT2D eigenvalue weighted by Crippen LogP contribution is -2.31. The summed E-state index contributed by atoms with van der Waals surface area (Å²) in [5, 5.41) is 15.5. The van der Waals surface area contributed by atoms with Gasteiger partial charge in [-0.2, -0.15) is 0 Å². The number of ketones is 1. The van der Waals surface area contributed by atoms with Crippen molar-refractivity contribution in [1.82, 2.24) is 5.32 Å². The van der Waals surface area contributed by atoms with Crippen LogP contribution in [0, 0.1) is 5.92 Å². The summed E-state index contributed by atoms with van der Waals surface area (Å²) in [6, 6.07) is 0. The van der Waals surface area contributed by atoms with E-state index in [4.69, 9.17) is 24.5 Å². The van der Waals surface area contributed by atoms with Crippen LogP contribution in [0.1, 0.15) is 136 Å². The van der Waals surface area contributed by atoms with E-state index in [2.05, 4.69) is 15.3 Å². The minimum Gasteiger partial charge on any atom is -0.481 e. The van der Waals surface area contributed by atoms with Crippen LogP contribution in [0.3, 0.4) is 0 Å². The number of hydrogen-bond acceptors (Lipinski definition) is 9. The SMILES string of the molecule is CC(C)(C)OC(=O)CCCCCCCCCCCCCCCCC(=O)C[C@@H](CC(=O)NCCOCCOCCOCCN=[N+]=[N-])C(=O)O. The standard InChI is InChI=1S/C35H64N4O9/c1-35(2,3)48-33(42)19-17-15-13-11-9-7-5-4-6-8-10-12-14-16-18-31(40)28-30(34(43)44)29-32(41)37-20-22-45-24-26-47-27-25-46-23-21-38-39-36/h30H,4-29H2,1-3H3,(H,37,41)(H,43,44)/t30-/m0/s1. The number of carbonyl (C=O) groups excluding carboxylic acids is 3. The van der Waals surface area contributed by atoms with Gasteiger partial charge in [0.25, 0.3) is 0 Å². The van der Waals surface area contributed by atoms with Crippen LogP contribution in [0.2, 0.25) is 0 Å². The number of carboxylic acids is 1. The topological polar surface area (TPSA) is 186 Å². The van der Waals surface area contributed by atoms with Gasteiger partial charge in [0.1, 0.15) is 11.4 Å². The molecule has 13 nitrogen and oxygen atoms in total. The van der Waals surface area contributed by atoms with Crippen molar-refractivity contribution in [1.29, 1.82) is 0 Å². The lowest BCUT2D eigenvalue weighted by Gasteiger charge is -2.19. The third kappa shape index (κ3) is 33.2. The third-order valence-corrected chi connectivity index (χ3v) is 7.47. The number of esters is 1. The molecule has 1 atom stereocenters. The molecule has 0 radical (unpaired) electrons. The van der Waals surface area contributed by atoms with E-state index in [1.54, 1.807) is 0 Å². The highest BCUT2D eigenvalue weighted by atomic mass is 16.6. The van der Waals surface area contributed by atoms with Crippen molar-refractivity contribution in [3.8, 4) is 0 Å². The Bertz CT molecular complexity index is 905. The molecule has 0 rings (SSSR count). The maximum absolute atomic E-state index is 12.4. The minimum atomic E-state index is -1.14. The summed E-state index contributed by atoms with van der Waals surface area (Å²) in [6.45, 7) is 8.27. The molecule has 0 aliphatic carbocycles. The summed E-state index contributed by atoms with van der Waals surface area (Å²) in [5.74, 6) is -2.78. The van der Waals surface area contributed by atoms with Gasteiger partial charge in [0.15, 0.2) is 0 Å². The molecular formula is C35H64N4O9. The quantitative estimate of drug-likeness (QED) is 0.0234. The molecule has 48 heavy (non-hydrogen) atoms. The second-order valence-electron chi connectivity index (χ2n) is 13.2. The number of amides is 1. The number of azide groups is 1. The van der Waals surface area contributed by atoms with Gasteiger partial charge in [-0.25, -0.2) is 0 Å². The van der Waals surface area contributed by atoms with Crippen molar-refractivity contribution >= 4 is 23.6 Å². The van der Waals surface area contributed by atoms with Gasteiger partial charge in [0.2, 0.25) is 5.91 Å². The van der Waals surface area contributed by atoms with Gasteiger partial charge in [-0.3, -0.25) is 19.2 Å². The number of hydrogen-bond donors (Lipinski definition) is 2. The second-order valence-corrected chi connectivity index (χ2v) is 13.2. The fourth-order valence-electron chi connectivity index (χ4n) is 4.98. The number of ether oxygens (including phenoxy) is 4. The maximum atomic E-state index is 12.4. The van der Waals surface area contributed by atoms with Gasteiger partial charge in [-0.15, -0.1) is 0 Å². The van der Waals surface area contributed by atoms with Crippen LogP contribution in [-0.2, 0) is 38.1 Å². The lowest BCUT2D eigenvalue weighted by molar-refractivity contribution is -0.155. The molecule has 0 heterocycles. The Morgan fingerprint density at radius 1 is 0.688 bits per heavy atom. The Balaban J connectivity index is 3.64. The number of carbonyl (C=O) groups is 4. The zero-order valence-electron chi connectivity index (χ0n) is 30.0. The Hall–Kier alpha value is -2.73. The maximum Gasteiger partial charge on any atom is 0.307 e. The molecule has 278 valence electrons. The van der Waals surface area contributed by atoms with Crippen LogP contribution in [0.5, 0.6) is 0 Å². The molecule has 0 unspecified atom stereocenters.